The van der Waals surface area contributed by atoms with Crippen LogP contribution in [0.3, 0.4) is 0 Å². The molecule has 3 nitrogen and oxygen atoms in total. The van der Waals surface area contributed by atoms with Crippen molar-refractivity contribution in [3.8, 4) is 0 Å². The average Bonchev–Trinajstić information content (AvgIpc) is 2.01. The van der Waals surface area contributed by atoms with Crippen LogP contribution in [-0.2, 0) is 4.79 Å². The molecule has 1 heterocycles. The van der Waals surface area contributed by atoms with E-state index in [1.54, 1.807) is 4.90 Å². The lowest BCUT2D eigenvalue weighted by atomic mass is 9.97. The summed E-state index contributed by atoms with van der Waals surface area (Å²) < 4.78 is 25.9. The van der Waals surface area contributed by atoms with Crippen molar-refractivity contribution in [2.24, 2.45) is 0 Å². The van der Waals surface area contributed by atoms with E-state index in [4.69, 9.17) is 5.11 Å². The first-order chi connectivity index (χ1) is 6.33. The van der Waals surface area contributed by atoms with E-state index in [0.717, 1.165) is 0 Å². The van der Waals surface area contributed by atoms with Gasteiger partial charge in [0.25, 0.3) is 5.92 Å². The van der Waals surface area contributed by atoms with Gasteiger partial charge in [-0.1, -0.05) is 0 Å². The number of carbonyl (C=O) groups is 1. The predicted molar refractivity (Wildman–Crippen MR) is 47.4 cm³/mol. The van der Waals surface area contributed by atoms with E-state index in [9.17, 15) is 13.6 Å². The number of hydrogen-bond donors (Lipinski definition) is 1. The maximum absolute atomic E-state index is 13.0. The number of hydrogen-bond acceptors (Lipinski definition) is 2. The first-order valence-electron chi connectivity index (χ1n) is 4.70. The Kier molecular flexibility index (Phi) is 3.09. The lowest BCUT2D eigenvalue weighted by molar-refractivity contribution is -0.155. The Balaban J connectivity index is 2.76. The number of carboxylic acid groups (broad SMARTS) is 1. The summed E-state index contributed by atoms with van der Waals surface area (Å²) in [5.74, 6) is -3.98. The first kappa shape index (κ1) is 11.4. The fraction of sp³-hybridized carbons (Fsp3) is 0.889. The fourth-order valence-electron chi connectivity index (χ4n) is 1.80. The molecule has 0 radical (unpaired) electrons. The summed E-state index contributed by atoms with van der Waals surface area (Å²) in [7, 11) is 0. The van der Waals surface area contributed by atoms with Crippen LogP contribution in [0.4, 0.5) is 8.78 Å². The molecular formula is C9H15F2NO2. The predicted octanol–water partition coefficient (Wildman–Crippen LogP) is 1.58. The molecule has 0 aromatic rings. The van der Waals surface area contributed by atoms with Crippen LogP contribution in [0.15, 0.2) is 0 Å². The van der Waals surface area contributed by atoms with Crippen molar-refractivity contribution in [1.29, 1.82) is 0 Å². The molecule has 1 fully saturated rings. The minimum atomic E-state index is -2.82. The van der Waals surface area contributed by atoms with E-state index in [1.807, 2.05) is 13.8 Å². The number of piperidine rings is 1. The Morgan fingerprint density at radius 2 is 2.14 bits per heavy atom. The third-order valence-corrected chi connectivity index (χ3v) is 2.58. The number of likely N-dealkylation sites (tertiary alicyclic amines) is 1. The highest BCUT2D eigenvalue weighted by Gasteiger charge is 2.44. The summed E-state index contributed by atoms with van der Waals surface area (Å²) in [5.41, 5.74) is 0. The molecule has 0 bridgehead atoms. The number of nitrogens with zero attached hydrogens (tertiary/aromatic N) is 1. The van der Waals surface area contributed by atoms with E-state index >= 15 is 0 Å². The minimum absolute atomic E-state index is 0.00722. The molecule has 0 saturated carbocycles. The molecule has 0 aromatic heterocycles. The van der Waals surface area contributed by atoms with Crippen molar-refractivity contribution in [1.82, 2.24) is 4.90 Å². The van der Waals surface area contributed by atoms with Crippen LogP contribution in [0.5, 0.6) is 0 Å². The molecule has 1 N–H and O–H groups in total. The van der Waals surface area contributed by atoms with Crippen LogP contribution in [0.25, 0.3) is 0 Å². The van der Waals surface area contributed by atoms with Gasteiger partial charge in [0, 0.05) is 25.4 Å². The van der Waals surface area contributed by atoms with Gasteiger partial charge in [0.2, 0.25) is 0 Å². The number of alkyl halides is 2. The number of halogens is 2. The lowest BCUT2D eigenvalue weighted by Crippen LogP contribution is -2.53. The Labute approximate surface area is 81.7 Å². The van der Waals surface area contributed by atoms with Gasteiger partial charge in [-0.15, -0.1) is 0 Å². The molecule has 0 aliphatic carbocycles. The third kappa shape index (κ3) is 2.41. The molecule has 0 amide bonds. The van der Waals surface area contributed by atoms with Crippen LogP contribution < -0.4 is 0 Å². The highest BCUT2D eigenvalue weighted by Crippen LogP contribution is 2.32. The monoisotopic (exact) mass is 207 g/mol. The van der Waals surface area contributed by atoms with Crippen molar-refractivity contribution in [2.75, 3.05) is 6.54 Å². The number of rotatable bonds is 2. The van der Waals surface area contributed by atoms with Gasteiger partial charge in [-0.3, -0.25) is 9.69 Å². The molecule has 1 atom stereocenters. The van der Waals surface area contributed by atoms with E-state index < -0.39 is 24.4 Å². The van der Waals surface area contributed by atoms with Gasteiger partial charge in [0.1, 0.15) is 6.04 Å². The Bertz CT molecular complexity index is 231. The fourth-order valence-corrected chi connectivity index (χ4v) is 1.80. The second kappa shape index (κ2) is 3.81. The molecule has 14 heavy (non-hydrogen) atoms. The third-order valence-electron chi connectivity index (χ3n) is 2.58. The average molecular weight is 207 g/mol. The van der Waals surface area contributed by atoms with Crippen LogP contribution in [-0.4, -0.2) is 40.5 Å². The zero-order chi connectivity index (χ0) is 10.9. The Morgan fingerprint density at radius 3 is 2.57 bits per heavy atom. The summed E-state index contributed by atoms with van der Waals surface area (Å²) in [5, 5.41) is 8.81. The minimum Gasteiger partial charge on any atom is -0.480 e. The summed E-state index contributed by atoms with van der Waals surface area (Å²) in [4.78, 5) is 12.4. The molecular weight excluding hydrogens is 192 g/mol. The molecule has 82 valence electrons. The van der Waals surface area contributed by atoms with Crippen molar-refractivity contribution in [3.63, 3.8) is 0 Å². The van der Waals surface area contributed by atoms with E-state index in [2.05, 4.69) is 0 Å². The molecule has 1 aliphatic rings. The van der Waals surface area contributed by atoms with Gasteiger partial charge < -0.3 is 5.11 Å². The van der Waals surface area contributed by atoms with E-state index in [0.29, 0.717) is 0 Å². The van der Waals surface area contributed by atoms with E-state index in [1.165, 1.54) is 0 Å². The van der Waals surface area contributed by atoms with Crippen molar-refractivity contribution in [3.05, 3.63) is 0 Å². The Morgan fingerprint density at radius 1 is 1.57 bits per heavy atom. The molecule has 1 aliphatic heterocycles. The number of aliphatic carboxylic acids is 1. The second-order valence-corrected chi connectivity index (χ2v) is 4.00. The highest BCUT2D eigenvalue weighted by molar-refractivity contribution is 5.73. The quantitative estimate of drug-likeness (QED) is 0.747. The Hall–Kier alpha value is -0.710. The van der Waals surface area contributed by atoms with Gasteiger partial charge in [-0.25, -0.2) is 8.78 Å². The standard InChI is InChI=1S/C9H15F2NO2/c1-6(2)12-4-3-9(10,11)5-7(12)8(13)14/h6-7H,3-5H2,1-2H3,(H,13,14)/t7-/m0/s1. The van der Waals surface area contributed by atoms with E-state index in [-0.39, 0.29) is 19.0 Å². The maximum atomic E-state index is 13.0. The first-order valence-corrected chi connectivity index (χ1v) is 4.70. The lowest BCUT2D eigenvalue weighted by Gasteiger charge is -2.39. The zero-order valence-corrected chi connectivity index (χ0v) is 8.33. The van der Waals surface area contributed by atoms with Crippen molar-refractivity contribution >= 4 is 5.97 Å². The van der Waals surface area contributed by atoms with Gasteiger partial charge >= 0.3 is 5.97 Å². The van der Waals surface area contributed by atoms with Gasteiger partial charge in [0.05, 0.1) is 0 Å². The summed E-state index contributed by atoms with van der Waals surface area (Å²) in [6, 6.07) is -1.05. The topological polar surface area (TPSA) is 40.5 Å². The molecule has 0 aromatic carbocycles. The molecule has 1 saturated heterocycles. The van der Waals surface area contributed by atoms with Gasteiger partial charge in [0.15, 0.2) is 0 Å². The van der Waals surface area contributed by atoms with Crippen LogP contribution in [0, 0.1) is 0 Å². The summed E-state index contributed by atoms with van der Waals surface area (Å²) >= 11 is 0. The molecule has 0 unspecified atom stereocenters. The van der Waals surface area contributed by atoms with Crippen LogP contribution in [0.1, 0.15) is 26.7 Å². The largest absolute Gasteiger partial charge is 0.480 e. The smallest absolute Gasteiger partial charge is 0.321 e. The van der Waals surface area contributed by atoms with Crippen molar-refractivity contribution in [2.45, 2.75) is 44.7 Å². The zero-order valence-electron chi connectivity index (χ0n) is 8.33. The summed E-state index contributed by atoms with van der Waals surface area (Å²) in [6.07, 6.45) is -0.810. The van der Waals surface area contributed by atoms with Crippen LogP contribution >= 0.6 is 0 Å². The molecule has 0 spiro atoms. The van der Waals surface area contributed by atoms with Gasteiger partial charge in [-0.2, -0.15) is 0 Å². The SMILES string of the molecule is CC(C)N1CCC(F)(F)C[C@H]1C(=O)O. The van der Waals surface area contributed by atoms with Crippen molar-refractivity contribution < 1.29 is 18.7 Å². The molecule has 5 heteroatoms. The maximum Gasteiger partial charge on any atom is 0.321 e. The molecule has 1 rings (SSSR count). The highest BCUT2D eigenvalue weighted by atomic mass is 19.3. The second-order valence-electron chi connectivity index (χ2n) is 4.00. The normalized spacial score (nSPS) is 27.9. The van der Waals surface area contributed by atoms with Gasteiger partial charge in [-0.05, 0) is 13.8 Å². The summed E-state index contributed by atoms with van der Waals surface area (Å²) in [6.45, 7) is 3.79. The number of carboxylic acids is 1. The van der Waals surface area contributed by atoms with Crippen LogP contribution in [0.2, 0.25) is 0 Å².